The first kappa shape index (κ1) is 13.9. The third-order valence-corrected chi connectivity index (χ3v) is 3.78. The van der Waals surface area contributed by atoms with Gasteiger partial charge in [-0.2, -0.15) is 0 Å². The molecule has 1 heterocycles. The summed E-state index contributed by atoms with van der Waals surface area (Å²) in [6, 6.07) is 6.58. The molecule has 0 fully saturated rings. The summed E-state index contributed by atoms with van der Waals surface area (Å²) in [7, 11) is 0. The highest BCUT2D eigenvalue weighted by molar-refractivity contribution is 5.79. The summed E-state index contributed by atoms with van der Waals surface area (Å²) in [6.45, 7) is 9.03. The van der Waals surface area contributed by atoms with E-state index in [9.17, 15) is 0 Å². The molecule has 0 aliphatic rings. The van der Waals surface area contributed by atoms with Crippen LogP contribution >= 0.6 is 0 Å². The van der Waals surface area contributed by atoms with Crippen molar-refractivity contribution in [1.29, 1.82) is 0 Å². The summed E-state index contributed by atoms with van der Waals surface area (Å²) >= 11 is 0. The highest BCUT2D eigenvalue weighted by Gasteiger charge is 2.20. The molecular weight excluding hydrogens is 234 g/mol. The van der Waals surface area contributed by atoms with Gasteiger partial charge in [0.1, 0.15) is 5.82 Å². The molecule has 0 aliphatic carbocycles. The first-order chi connectivity index (χ1) is 9.08. The Kier molecular flexibility index (Phi) is 4.13. The fourth-order valence-electron chi connectivity index (χ4n) is 2.89. The predicted octanol–water partition coefficient (Wildman–Crippen LogP) is 4.18. The van der Waals surface area contributed by atoms with Gasteiger partial charge in [-0.15, -0.1) is 0 Å². The maximum Gasteiger partial charge on any atom is 0.110 e. The van der Waals surface area contributed by atoms with Gasteiger partial charge < -0.3 is 10.3 Å². The van der Waals surface area contributed by atoms with Gasteiger partial charge in [0.15, 0.2) is 0 Å². The lowest BCUT2D eigenvalue weighted by molar-refractivity contribution is 0.364. The number of aryl methyl sites for hydroxylation is 1. The largest absolute Gasteiger partial charge is 0.399 e. The average molecular weight is 259 g/mol. The Morgan fingerprint density at radius 2 is 2.00 bits per heavy atom. The van der Waals surface area contributed by atoms with E-state index in [1.807, 2.05) is 12.1 Å². The van der Waals surface area contributed by atoms with E-state index in [1.54, 1.807) is 0 Å². The van der Waals surface area contributed by atoms with Gasteiger partial charge in [-0.05, 0) is 37.0 Å². The molecule has 1 aromatic carbocycles. The van der Waals surface area contributed by atoms with Crippen LogP contribution in [-0.4, -0.2) is 9.55 Å². The van der Waals surface area contributed by atoms with E-state index in [0.29, 0.717) is 12.0 Å². The van der Waals surface area contributed by atoms with Crippen LogP contribution in [0.15, 0.2) is 18.2 Å². The Morgan fingerprint density at radius 1 is 1.26 bits per heavy atom. The number of hydrogen-bond acceptors (Lipinski definition) is 2. The molecule has 104 valence electrons. The molecule has 1 atom stereocenters. The molecule has 0 bridgehead atoms. The fraction of sp³-hybridized carbons (Fsp3) is 0.562. The van der Waals surface area contributed by atoms with Crippen molar-refractivity contribution in [2.75, 3.05) is 5.73 Å². The number of fused-ring (bicyclic) bond motifs is 1. The summed E-state index contributed by atoms with van der Waals surface area (Å²) in [4.78, 5) is 4.80. The second-order valence-electron chi connectivity index (χ2n) is 5.62. The van der Waals surface area contributed by atoms with Gasteiger partial charge in [-0.3, -0.25) is 0 Å². The van der Waals surface area contributed by atoms with Crippen molar-refractivity contribution in [1.82, 2.24) is 9.55 Å². The minimum Gasteiger partial charge on any atom is -0.399 e. The zero-order chi connectivity index (χ0) is 14.0. The van der Waals surface area contributed by atoms with Crippen molar-refractivity contribution in [3.05, 3.63) is 24.0 Å². The van der Waals surface area contributed by atoms with Crippen LogP contribution in [0.5, 0.6) is 0 Å². The molecular formula is C16H25N3. The smallest absolute Gasteiger partial charge is 0.110 e. The molecule has 19 heavy (non-hydrogen) atoms. The maximum absolute atomic E-state index is 5.88. The standard InChI is InChI=1S/C16H25N3/c1-5-7-16-18-13-10-12(17)8-9-15(13)19(16)14(6-2)11(3)4/h8-11,14H,5-7,17H2,1-4H3. The van der Waals surface area contributed by atoms with Gasteiger partial charge in [0, 0.05) is 18.2 Å². The number of nitrogens with zero attached hydrogens (tertiary/aromatic N) is 2. The zero-order valence-corrected chi connectivity index (χ0v) is 12.5. The Labute approximate surface area is 115 Å². The second-order valence-corrected chi connectivity index (χ2v) is 5.62. The van der Waals surface area contributed by atoms with Crippen molar-refractivity contribution < 1.29 is 0 Å². The van der Waals surface area contributed by atoms with E-state index in [4.69, 9.17) is 10.7 Å². The van der Waals surface area contributed by atoms with Crippen LogP contribution in [0, 0.1) is 5.92 Å². The predicted molar refractivity (Wildman–Crippen MR) is 82.3 cm³/mol. The van der Waals surface area contributed by atoms with Crippen LogP contribution in [0.25, 0.3) is 11.0 Å². The van der Waals surface area contributed by atoms with Crippen LogP contribution < -0.4 is 5.73 Å². The molecule has 2 N–H and O–H groups in total. The minimum absolute atomic E-state index is 0.509. The topological polar surface area (TPSA) is 43.8 Å². The minimum atomic E-state index is 0.509. The van der Waals surface area contributed by atoms with E-state index >= 15 is 0 Å². The monoisotopic (exact) mass is 259 g/mol. The molecule has 0 radical (unpaired) electrons. The van der Waals surface area contributed by atoms with Gasteiger partial charge in [0.25, 0.3) is 0 Å². The Balaban J connectivity index is 2.63. The van der Waals surface area contributed by atoms with Crippen molar-refractivity contribution in [2.24, 2.45) is 5.92 Å². The number of nitrogen functional groups attached to an aromatic ring is 1. The lowest BCUT2D eigenvalue weighted by atomic mass is 10.0. The lowest BCUT2D eigenvalue weighted by Gasteiger charge is -2.24. The Bertz CT molecular complexity index is 554. The van der Waals surface area contributed by atoms with E-state index < -0.39 is 0 Å². The van der Waals surface area contributed by atoms with Gasteiger partial charge in [0.2, 0.25) is 0 Å². The highest BCUT2D eigenvalue weighted by atomic mass is 15.1. The molecule has 2 rings (SSSR count). The summed E-state index contributed by atoms with van der Waals surface area (Å²) in [6.07, 6.45) is 3.27. The van der Waals surface area contributed by atoms with Crippen molar-refractivity contribution in [3.63, 3.8) is 0 Å². The molecule has 3 heteroatoms. The molecule has 1 unspecified atom stereocenters. The number of nitrogens with two attached hydrogens (primary N) is 1. The molecule has 3 nitrogen and oxygen atoms in total. The third kappa shape index (κ3) is 2.60. The summed E-state index contributed by atoms with van der Waals surface area (Å²) in [5, 5.41) is 0. The van der Waals surface area contributed by atoms with Crippen molar-refractivity contribution in [3.8, 4) is 0 Å². The number of imidazole rings is 1. The number of anilines is 1. The van der Waals surface area contributed by atoms with Gasteiger partial charge in [-0.1, -0.05) is 27.7 Å². The number of benzene rings is 1. The first-order valence-corrected chi connectivity index (χ1v) is 7.34. The van der Waals surface area contributed by atoms with E-state index in [1.165, 1.54) is 11.3 Å². The van der Waals surface area contributed by atoms with Gasteiger partial charge >= 0.3 is 0 Å². The maximum atomic E-state index is 5.88. The summed E-state index contributed by atoms with van der Waals surface area (Å²) < 4.78 is 2.43. The van der Waals surface area contributed by atoms with Crippen LogP contribution in [0.2, 0.25) is 0 Å². The van der Waals surface area contributed by atoms with Crippen LogP contribution in [-0.2, 0) is 6.42 Å². The van der Waals surface area contributed by atoms with Gasteiger partial charge in [-0.25, -0.2) is 4.98 Å². The molecule has 1 aromatic heterocycles. The molecule has 0 amide bonds. The molecule has 0 saturated carbocycles. The first-order valence-electron chi connectivity index (χ1n) is 7.34. The number of aromatic nitrogens is 2. The van der Waals surface area contributed by atoms with Gasteiger partial charge in [0.05, 0.1) is 11.0 Å². The zero-order valence-electron chi connectivity index (χ0n) is 12.5. The average Bonchev–Trinajstić information content (AvgIpc) is 2.68. The van der Waals surface area contributed by atoms with Crippen molar-refractivity contribution >= 4 is 16.7 Å². The third-order valence-electron chi connectivity index (χ3n) is 3.78. The van der Waals surface area contributed by atoms with Crippen LogP contribution in [0.1, 0.15) is 52.4 Å². The van der Waals surface area contributed by atoms with Crippen molar-refractivity contribution in [2.45, 2.75) is 53.0 Å². The quantitative estimate of drug-likeness (QED) is 0.819. The van der Waals surface area contributed by atoms with E-state index in [-0.39, 0.29) is 0 Å². The Hall–Kier alpha value is -1.51. The number of hydrogen-bond donors (Lipinski definition) is 1. The molecule has 0 aliphatic heterocycles. The SMILES string of the molecule is CCCc1nc2cc(N)ccc2n1C(CC)C(C)C. The highest BCUT2D eigenvalue weighted by Crippen LogP contribution is 2.29. The molecule has 2 aromatic rings. The summed E-state index contributed by atoms with van der Waals surface area (Å²) in [5.74, 6) is 1.80. The Morgan fingerprint density at radius 3 is 2.58 bits per heavy atom. The van der Waals surface area contributed by atoms with E-state index in [0.717, 1.165) is 30.5 Å². The molecule has 0 spiro atoms. The fourth-order valence-corrected chi connectivity index (χ4v) is 2.89. The van der Waals surface area contributed by atoms with E-state index in [2.05, 4.69) is 38.3 Å². The lowest BCUT2D eigenvalue weighted by Crippen LogP contribution is -2.17. The van der Waals surface area contributed by atoms with Crippen LogP contribution in [0.3, 0.4) is 0 Å². The van der Waals surface area contributed by atoms with Crippen LogP contribution in [0.4, 0.5) is 5.69 Å². The number of rotatable bonds is 5. The normalized spacial score (nSPS) is 13.3. The second kappa shape index (κ2) is 5.64. The molecule has 0 saturated heterocycles. The summed E-state index contributed by atoms with van der Waals surface area (Å²) in [5.41, 5.74) is 8.92.